The van der Waals surface area contributed by atoms with Crippen molar-refractivity contribution in [3.05, 3.63) is 23.8 Å². The minimum absolute atomic E-state index is 0.0333. The highest BCUT2D eigenvalue weighted by Gasteiger charge is 2.22. The summed E-state index contributed by atoms with van der Waals surface area (Å²) in [7, 11) is 1.57. The van der Waals surface area contributed by atoms with E-state index in [-0.39, 0.29) is 12.5 Å². The number of pyridine rings is 1. The number of methoxy groups -OCH3 is 1. The topological polar surface area (TPSA) is 114 Å². The van der Waals surface area contributed by atoms with Crippen LogP contribution in [0.4, 0.5) is 0 Å². The Morgan fingerprint density at radius 3 is 3.00 bits per heavy atom. The second-order valence-electron chi connectivity index (χ2n) is 5.77. The standard InChI is InChI=1S/C16H21N5O4/c1-10-5-12(13(23-2)7-18-10)16-19-15(6-14(17)22)20-21(16)8-11-9-24-3-4-25-11/h5,7,11H,3-4,6,8-9H2,1-2H3,(H2,17,22). The maximum absolute atomic E-state index is 11.2. The van der Waals surface area contributed by atoms with Gasteiger partial charge in [-0.05, 0) is 13.0 Å². The quantitative estimate of drug-likeness (QED) is 0.788. The van der Waals surface area contributed by atoms with Gasteiger partial charge in [-0.2, -0.15) is 5.10 Å². The Hall–Kier alpha value is -2.52. The Kier molecular flexibility index (Phi) is 5.25. The molecule has 9 nitrogen and oxygen atoms in total. The number of nitrogens with two attached hydrogens (primary N) is 1. The van der Waals surface area contributed by atoms with Crippen LogP contribution in [0.5, 0.6) is 5.75 Å². The van der Waals surface area contributed by atoms with Crippen molar-refractivity contribution in [2.75, 3.05) is 26.9 Å². The van der Waals surface area contributed by atoms with Crippen molar-refractivity contribution < 1.29 is 19.0 Å². The number of carbonyl (C=O) groups excluding carboxylic acids is 1. The van der Waals surface area contributed by atoms with Crippen molar-refractivity contribution in [2.24, 2.45) is 5.73 Å². The van der Waals surface area contributed by atoms with Crippen molar-refractivity contribution >= 4 is 5.91 Å². The number of nitrogens with zero attached hydrogens (tertiary/aromatic N) is 4. The third kappa shape index (κ3) is 4.12. The number of ether oxygens (including phenoxy) is 3. The first-order valence-corrected chi connectivity index (χ1v) is 7.99. The molecule has 0 saturated carbocycles. The molecule has 1 amide bonds. The fourth-order valence-electron chi connectivity index (χ4n) is 2.67. The van der Waals surface area contributed by atoms with E-state index in [0.717, 1.165) is 11.3 Å². The van der Waals surface area contributed by atoms with E-state index in [9.17, 15) is 4.79 Å². The summed E-state index contributed by atoms with van der Waals surface area (Å²) in [6.07, 6.45) is 1.47. The molecule has 0 radical (unpaired) electrons. The van der Waals surface area contributed by atoms with E-state index in [4.69, 9.17) is 19.9 Å². The predicted octanol–water partition coefficient (Wildman–Crippen LogP) is 0.100. The zero-order valence-electron chi connectivity index (χ0n) is 14.3. The van der Waals surface area contributed by atoms with Gasteiger partial charge in [0.15, 0.2) is 11.6 Å². The second-order valence-corrected chi connectivity index (χ2v) is 5.77. The molecule has 0 bridgehead atoms. The molecule has 1 saturated heterocycles. The van der Waals surface area contributed by atoms with E-state index in [1.165, 1.54) is 0 Å². The number of carbonyl (C=O) groups is 1. The van der Waals surface area contributed by atoms with Gasteiger partial charge in [-0.25, -0.2) is 9.67 Å². The molecule has 1 atom stereocenters. The van der Waals surface area contributed by atoms with Crippen LogP contribution in [-0.2, 0) is 27.2 Å². The van der Waals surface area contributed by atoms with Crippen LogP contribution < -0.4 is 10.5 Å². The van der Waals surface area contributed by atoms with Crippen LogP contribution in [0.25, 0.3) is 11.4 Å². The first kappa shape index (κ1) is 17.3. The molecular weight excluding hydrogens is 326 g/mol. The van der Waals surface area contributed by atoms with Crippen LogP contribution >= 0.6 is 0 Å². The van der Waals surface area contributed by atoms with Gasteiger partial charge in [-0.3, -0.25) is 9.78 Å². The van der Waals surface area contributed by atoms with Crippen molar-refractivity contribution in [2.45, 2.75) is 26.0 Å². The Morgan fingerprint density at radius 2 is 2.32 bits per heavy atom. The number of aromatic nitrogens is 4. The van der Waals surface area contributed by atoms with E-state index in [2.05, 4.69) is 15.1 Å². The Morgan fingerprint density at radius 1 is 1.48 bits per heavy atom. The van der Waals surface area contributed by atoms with Crippen LogP contribution in [0.3, 0.4) is 0 Å². The van der Waals surface area contributed by atoms with Gasteiger partial charge < -0.3 is 19.9 Å². The van der Waals surface area contributed by atoms with E-state index in [1.807, 2.05) is 13.0 Å². The van der Waals surface area contributed by atoms with Crippen LogP contribution in [0.2, 0.25) is 0 Å². The Balaban J connectivity index is 1.99. The Bertz CT molecular complexity index is 755. The molecule has 3 rings (SSSR count). The third-order valence-corrected chi connectivity index (χ3v) is 3.77. The lowest BCUT2D eigenvalue weighted by Crippen LogP contribution is -2.32. The van der Waals surface area contributed by atoms with Crippen LogP contribution in [0.1, 0.15) is 11.5 Å². The van der Waals surface area contributed by atoms with Gasteiger partial charge >= 0.3 is 0 Å². The van der Waals surface area contributed by atoms with E-state index < -0.39 is 5.91 Å². The molecule has 134 valence electrons. The Labute approximate surface area is 145 Å². The molecule has 1 unspecified atom stereocenters. The average molecular weight is 347 g/mol. The number of aryl methyl sites for hydroxylation is 1. The molecule has 1 aliphatic rings. The molecule has 3 heterocycles. The third-order valence-electron chi connectivity index (χ3n) is 3.77. The maximum atomic E-state index is 11.2. The first-order valence-electron chi connectivity index (χ1n) is 7.99. The highest BCUT2D eigenvalue weighted by Crippen LogP contribution is 2.29. The van der Waals surface area contributed by atoms with Crippen LogP contribution in [-0.4, -0.2) is 58.7 Å². The largest absolute Gasteiger partial charge is 0.494 e. The molecule has 0 spiro atoms. The lowest BCUT2D eigenvalue weighted by Gasteiger charge is -2.23. The summed E-state index contributed by atoms with van der Waals surface area (Å²) in [5, 5.41) is 4.42. The van der Waals surface area contributed by atoms with Crippen molar-refractivity contribution in [3.8, 4) is 17.1 Å². The predicted molar refractivity (Wildman–Crippen MR) is 88.0 cm³/mol. The van der Waals surface area contributed by atoms with Gasteiger partial charge in [0.1, 0.15) is 11.9 Å². The minimum atomic E-state index is -0.487. The number of primary amides is 1. The monoisotopic (exact) mass is 347 g/mol. The number of hydrogen-bond acceptors (Lipinski definition) is 7. The molecule has 1 aliphatic heterocycles. The van der Waals surface area contributed by atoms with Crippen LogP contribution in [0.15, 0.2) is 12.3 Å². The molecule has 1 fully saturated rings. The highest BCUT2D eigenvalue weighted by atomic mass is 16.6. The average Bonchev–Trinajstić information content (AvgIpc) is 2.97. The summed E-state index contributed by atoms with van der Waals surface area (Å²) >= 11 is 0. The van der Waals surface area contributed by atoms with Crippen molar-refractivity contribution in [3.63, 3.8) is 0 Å². The van der Waals surface area contributed by atoms with Crippen molar-refractivity contribution in [1.82, 2.24) is 19.7 Å². The summed E-state index contributed by atoms with van der Waals surface area (Å²) in [5.41, 5.74) is 6.84. The summed E-state index contributed by atoms with van der Waals surface area (Å²) in [6, 6.07) is 1.87. The van der Waals surface area contributed by atoms with Gasteiger partial charge in [-0.15, -0.1) is 0 Å². The normalized spacial score (nSPS) is 17.4. The lowest BCUT2D eigenvalue weighted by atomic mass is 10.2. The smallest absolute Gasteiger partial charge is 0.225 e. The molecule has 0 aliphatic carbocycles. The van der Waals surface area contributed by atoms with Gasteiger partial charge in [0.25, 0.3) is 0 Å². The molecule has 9 heteroatoms. The molecule has 2 N–H and O–H groups in total. The molecule has 2 aromatic heterocycles. The zero-order chi connectivity index (χ0) is 17.8. The van der Waals surface area contributed by atoms with Crippen LogP contribution in [0, 0.1) is 6.92 Å². The van der Waals surface area contributed by atoms with E-state index in [1.54, 1.807) is 18.0 Å². The number of amides is 1. The molecule has 2 aromatic rings. The fourth-order valence-corrected chi connectivity index (χ4v) is 2.67. The fraction of sp³-hybridized carbons (Fsp3) is 0.500. The number of hydrogen-bond donors (Lipinski definition) is 1. The molecule has 0 aromatic carbocycles. The second kappa shape index (κ2) is 7.58. The SMILES string of the molecule is COc1cnc(C)cc1-c1nc(CC(N)=O)nn1CC1COCCO1. The van der Waals surface area contributed by atoms with Gasteiger partial charge in [0.05, 0.1) is 51.7 Å². The van der Waals surface area contributed by atoms with E-state index in [0.29, 0.717) is 43.8 Å². The maximum Gasteiger partial charge on any atom is 0.225 e. The number of rotatable bonds is 6. The summed E-state index contributed by atoms with van der Waals surface area (Å²) in [5.74, 6) is 1.02. The summed E-state index contributed by atoms with van der Waals surface area (Å²) in [6.45, 7) is 3.94. The minimum Gasteiger partial charge on any atom is -0.494 e. The molecule has 25 heavy (non-hydrogen) atoms. The summed E-state index contributed by atoms with van der Waals surface area (Å²) < 4.78 is 18.2. The first-order chi connectivity index (χ1) is 12.1. The van der Waals surface area contributed by atoms with Crippen molar-refractivity contribution in [1.29, 1.82) is 0 Å². The zero-order valence-corrected chi connectivity index (χ0v) is 14.3. The van der Waals surface area contributed by atoms with Gasteiger partial charge in [0.2, 0.25) is 5.91 Å². The van der Waals surface area contributed by atoms with Gasteiger partial charge in [0, 0.05) is 5.69 Å². The molecular formula is C16H21N5O4. The lowest BCUT2D eigenvalue weighted by molar-refractivity contribution is -0.117. The van der Waals surface area contributed by atoms with Gasteiger partial charge in [-0.1, -0.05) is 0 Å². The highest BCUT2D eigenvalue weighted by molar-refractivity contribution is 5.76. The summed E-state index contributed by atoms with van der Waals surface area (Å²) in [4.78, 5) is 20.0. The van der Waals surface area contributed by atoms with E-state index >= 15 is 0 Å².